The number of ether oxygens (including phenoxy) is 2. The molecular formula is C33H44N4O7. The fourth-order valence-corrected chi connectivity index (χ4v) is 4.38. The van der Waals surface area contributed by atoms with Crippen LogP contribution in [0.3, 0.4) is 0 Å². The topological polar surface area (TPSA) is 158 Å². The second-order valence-electron chi connectivity index (χ2n) is 12.6. The quantitative estimate of drug-likeness (QED) is 0.258. The third kappa shape index (κ3) is 11.0. The number of aryl methyl sites for hydroxylation is 2. The lowest BCUT2D eigenvalue weighted by Crippen LogP contribution is -2.56. The summed E-state index contributed by atoms with van der Waals surface area (Å²) in [6, 6.07) is 12.2. The van der Waals surface area contributed by atoms with Crippen LogP contribution in [0, 0.1) is 25.2 Å². The van der Waals surface area contributed by atoms with Crippen LogP contribution in [0.5, 0.6) is 0 Å². The molecule has 44 heavy (non-hydrogen) atoms. The van der Waals surface area contributed by atoms with Crippen LogP contribution < -0.4 is 10.6 Å². The second-order valence-corrected chi connectivity index (χ2v) is 12.6. The third-order valence-corrected chi connectivity index (χ3v) is 6.28. The van der Waals surface area contributed by atoms with Crippen LogP contribution in [0.25, 0.3) is 0 Å². The third-order valence-electron chi connectivity index (χ3n) is 6.28. The summed E-state index contributed by atoms with van der Waals surface area (Å²) in [5.74, 6) is -2.31. The number of rotatable bonds is 11. The molecule has 0 aliphatic carbocycles. The molecule has 3 N–H and O–H groups in total. The summed E-state index contributed by atoms with van der Waals surface area (Å²) in [5.41, 5.74) is 0.876. The van der Waals surface area contributed by atoms with Crippen molar-refractivity contribution in [2.75, 3.05) is 13.2 Å². The number of aliphatic hydroxyl groups excluding tert-OH is 1. The highest BCUT2D eigenvalue weighted by Crippen LogP contribution is 2.27. The first-order valence-electron chi connectivity index (χ1n) is 14.4. The molecule has 0 aliphatic heterocycles. The van der Waals surface area contributed by atoms with Crippen LogP contribution >= 0.6 is 0 Å². The maximum absolute atomic E-state index is 14.2. The van der Waals surface area contributed by atoms with E-state index >= 15 is 0 Å². The van der Waals surface area contributed by atoms with Gasteiger partial charge in [-0.25, -0.2) is 9.59 Å². The minimum atomic E-state index is -1.52. The van der Waals surface area contributed by atoms with E-state index in [2.05, 4.69) is 10.6 Å². The average Bonchev–Trinajstić information content (AvgIpc) is 2.91. The molecular weight excluding hydrogens is 564 g/mol. The number of aliphatic hydroxyl groups is 1. The number of esters is 1. The molecule has 0 heterocycles. The van der Waals surface area contributed by atoms with Crippen molar-refractivity contribution >= 4 is 23.9 Å². The number of carbonyl (C=O) groups excluding carboxylic acids is 4. The van der Waals surface area contributed by atoms with Crippen LogP contribution in [0.15, 0.2) is 48.5 Å². The highest BCUT2D eigenvalue weighted by atomic mass is 16.6. The Kier molecular flexibility index (Phi) is 12.5. The molecule has 0 aliphatic rings. The fourth-order valence-electron chi connectivity index (χ4n) is 4.38. The molecule has 238 valence electrons. The summed E-state index contributed by atoms with van der Waals surface area (Å²) < 4.78 is 10.8. The first kappa shape index (κ1) is 35.8. The zero-order valence-electron chi connectivity index (χ0n) is 26.8. The summed E-state index contributed by atoms with van der Waals surface area (Å²) >= 11 is 0. The van der Waals surface area contributed by atoms with Crippen molar-refractivity contribution < 1.29 is 33.8 Å². The lowest BCUT2D eigenvalue weighted by molar-refractivity contribution is -0.159. The van der Waals surface area contributed by atoms with Gasteiger partial charge in [-0.1, -0.05) is 54.1 Å². The lowest BCUT2D eigenvalue weighted by atomic mass is 9.95. The summed E-state index contributed by atoms with van der Waals surface area (Å²) in [6.07, 6.45) is -0.852. The number of carbonyl (C=O) groups is 4. The number of nitriles is 1. The van der Waals surface area contributed by atoms with E-state index < -0.39 is 66.4 Å². The van der Waals surface area contributed by atoms with E-state index in [0.29, 0.717) is 11.1 Å². The number of hydrogen-bond donors (Lipinski definition) is 3. The number of benzene rings is 2. The molecule has 2 aromatic carbocycles. The van der Waals surface area contributed by atoms with Gasteiger partial charge in [0.1, 0.15) is 35.9 Å². The van der Waals surface area contributed by atoms with Gasteiger partial charge < -0.3 is 30.1 Å². The molecule has 2 aromatic rings. The lowest BCUT2D eigenvalue weighted by Gasteiger charge is -2.34. The number of alkyl carbamates (subject to hydrolysis) is 1. The Morgan fingerprint density at radius 3 is 2.07 bits per heavy atom. The van der Waals surface area contributed by atoms with Gasteiger partial charge >= 0.3 is 12.1 Å². The van der Waals surface area contributed by atoms with Crippen LogP contribution in [-0.2, 0) is 30.3 Å². The monoisotopic (exact) mass is 608 g/mol. The molecule has 3 unspecified atom stereocenters. The van der Waals surface area contributed by atoms with Crippen molar-refractivity contribution in [1.29, 1.82) is 5.26 Å². The highest BCUT2D eigenvalue weighted by molar-refractivity contribution is 5.94. The molecule has 3 amide bonds. The number of nitrogens with one attached hydrogen (secondary N) is 2. The summed E-state index contributed by atoms with van der Waals surface area (Å²) in [5, 5.41) is 24.9. The van der Waals surface area contributed by atoms with Crippen LogP contribution in [0.2, 0.25) is 0 Å². The van der Waals surface area contributed by atoms with E-state index in [1.54, 1.807) is 60.6 Å². The fraction of sp³-hybridized carbons (Fsp3) is 0.485. The van der Waals surface area contributed by atoms with Gasteiger partial charge in [-0.2, -0.15) is 5.26 Å². The number of amides is 3. The van der Waals surface area contributed by atoms with E-state index in [-0.39, 0.29) is 6.42 Å². The molecule has 0 bridgehead atoms. The van der Waals surface area contributed by atoms with Gasteiger partial charge in [-0.15, -0.1) is 0 Å². The normalized spacial score (nSPS) is 13.5. The van der Waals surface area contributed by atoms with Gasteiger partial charge in [0.2, 0.25) is 11.8 Å². The second kappa shape index (κ2) is 15.3. The van der Waals surface area contributed by atoms with Crippen molar-refractivity contribution in [3.05, 3.63) is 70.8 Å². The van der Waals surface area contributed by atoms with Crippen molar-refractivity contribution in [3.63, 3.8) is 0 Å². The SMILES string of the molecule is Cc1ccc(C)c(C(C(=O)NC(Cc2ccccc2)C(=O)OC(C)(C)C)N(CC#N)C(=O)C(CO)NC(=O)OC(C)(C)C)c1. The van der Waals surface area contributed by atoms with E-state index in [1.807, 2.05) is 49.4 Å². The van der Waals surface area contributed by atoms with Crippen LogP contribution in [0.4, 0.5) is 4.79 Å². The first-order valence-corrected chi connectivity index (χ1v) is 14.4. The van der Waals surface area contributed by atoms with Crippen molar-refractivity contribution in [2.24, 2.45) is 0 Å². The van der Waals surface area contributed by atoms with E-state index in [1.165, 1.54) is 0 Å². The maximum Gasteiger partial charge on any atom is 0.408 e. The van der Waals surface area contributed by atoms with Gasteiger partial charge in [0, 0.05) is 6.42 Å². The maximum atomic E-state index is 14.2. The Labute approximate surface area is 259 Å². The van der Waals surface area contributed by atoms with E-state index in [9.17, 15) is 29.5 Å². The first-order chi connectivity index (χ1) is 20.5. The number of nitrogens with zero attached hydrogens (tertiary/aromatic N) is 2. The van der Waals surface area contributed by atoms with Crippen molar-refractivity contribution in [2.45, 2.75) is 91.1 Å². The van der Waals surface area contributed by atoms with E-state index in [4.69, 9.17) is 9.47 Å². The van der Waals surface area contributed by atoms with Gasteiger partial charge in [0.15, 0.2) is 0 Å². The molecule has 11 nitrogen and oxygen atoms in total. The summed E-state index contributed by atoms with van der Waals surface area (Å²) in [4.78, 5) is 54.9. The Morgan fingerprint density at radius 2 is 1.52 bits per heavy atom. The minimum absolute atomic E-state index is 0.104. The van der Waals surface area contributed by atoms with Gasteiger partial charge in [0.25, 0.3) is 0 Å². The van der Waals surface area contributed by atoms with Crippen LogP contribution in [0.1, 0.15) is 69.8 Å². The Morgan fingerprint density at radius 1 is 0.909 bits per heavy atom. The molecule has 0 saturated heterocycles. The zero-order valence-corrected chi connectivity index (χ0v) is 26.8. The molecule has 11 heteroatoms. The van der Waals surface area contributed by atoms with Crippen molar-refractivity contribution in [3.8, 4) is 6.07 Å². The van der Waals surface area contributed by atoms with Gasteiger partial charge in [-0.05, 0) is 72.1 Å². The average molecular weight is 609 g/mol. The predicted octanol–water partition coefficient (Wildman–Crippen LogP) is 3.65. The molecule has 0 radical (unpaired) electrons. The van der Waals surface area contributed by atoms with Gasteiger partial charge in [0.05, 0.1) is 12.7 Å². The molecule has 0 aromatic heterocycles. The minimum Gasteiger partial charge on any atom is -0.458 e. The highest BCUT2D eigenvalue weighted by Gasteiger charge is 2.39. The number of hydrogen-bond acceptors (Lipinski definition) is 8. The molecule has 0 spiro atoms. The van der Waals surface area contributed by atoms with Crippen molar-refractivity contribution in [1.82, 2.24) is 15.5 Å². The molecule has 2 rings (SSSR count). The Bertz CT molecular complexity index is 1360. The summed E-state index contributed by atoms with van der Waals surface area (Å²) in [6.45, 7) is 12.2. The zero-order chi connectivity index (χ0) is 33.2. The van der Waals surface area contributed by atoms with Gasteiger partial charge in [-0.3, -0.25) is 9.59 Å². The summed E-state index contributed by atoms with van der Waals surface area (Å²) in [7, 11) is 0. The Hall–Kier alpha value is -4.43. The molecule has 0 saturated carbocycles. The van der Waals surface area contributed by atoms with Crippen LogP contribution in [-0.4, -0.2) is 70.3 Å². The molecule has 3 atom stereocenters. The Balaban J connectivity index is 2.59. The van der Waals surface area contributed by atoms with E-state index in [0.717, 1.165) is 16.0 Å². The largest absolute Gasteiger partial charge is 0.458 e. The smallest absolute Gasteiger partial charge is 0.408 e. The molecule has 0 fully saturated rings. The predicted molar refractivity (Wildman–Crippen MR) is 164 cm³/mol. The standard InChI is InChI=1S/C33H44N4O7/c1-21-14-15-22(2)24(18-21)27(37(17-16-34)29(40)26(20-38)36-31(42)44-33(6,7)8)28(39)35-25(30(41)43-32(3,4)5)19-23-12-10-9-11-13-23/h9-15,18,25-27,38H,17,19-20H2,1-8H3,(H,35,39)(H,36,42).